The van der Waals surface area contributed by atoms with Gasteiger partial charge in [-0.3, -0.25) is 9.58 Å². The molecule has 0 spiro atoms. The number of nitrogens with zero attached hydrogens (tertiary/aromatic N) is 3. The van der Waals surface area contributed by atoms with Gasteiger partial charge in [-0.05, 0) is 54.4 Å². The lowest BCUT2D eigenvalue weighted by Gasteiger charge is -2.26. The molecule has 1 aromatic heterocycles. The van der Waals surface area contributed by atoms with Gasteiger partial charge in [0.05, 0.1) is 30.0 Å². The minimum absolute atomic E-state index is 0.0106. The number of phenols is 1. The Kier molecular flexibility index (Phi) is 5.62. The molecule has 0 fully saturated rings. The Balaban J connectivity index is 2.37. The third-order valence-electron chi connectivity index (χ3n) is 3.27. The topological polar surface area (TPSA) is 76.8 Å². The summed E-state index contributed by atoms with van der Waals surface area (Å²) in [7, 11) is 3.25. The van der Waals surface area contributed by atoms with E-state index in [4.69, 9.17) is 9.47 Å². The summed E-state index contributed by atoms with van der Waals surface area (Å²) in [4.78, 5) is 14.1. The van der Waals surface area contributed by atoms with Gasteiger partial charge in [-0.1, -0.05) is 0 Å². The highest BCUT2D eigenvalue weighted by Crippen LogP contribution is 2.36. The number of ether oxygens (including phenoxy) is 2. The van der Waals surface area contributed by atoms with Gasteiger partial charge in [0.1, 0.15) is 5.60 Å². The Labute approximate surface area is 155 Å². The number of benzene rings is 1. The zero-order valence-corrected chi connectivity index (χ0v) is 16.5. The molecule has 0 saturated carbocycles. The quantitative estimate of drug-likeness (QED) is 0.826. The second-order valence-corrected chi connectivity index (χ2v) is 7.42. The van der Waals surface area contributed by atoms with E-state index in [0.29, 0.717) is 15.9 Å². The van der Waals surface area contributed by atoms with Crippen molar-refractivity contribution in [2.45, 2.75) is 32.9 Å². The van der Waals surface area contributed by atoms with Crippen molar-refractivity contribution >= 4 is 27.7 Å². The summed E-state index contributed by atoms with van der Waals surface area (Å²) < 4.78 is 12.8. The lowest BCUT2D eigenvalue weighted by Crippen LogP contribution is -2.36. The fourth-order valence-electron chi connectivity index (χ4n) is 2.18. The molecule has 8 heteroatoms. The Bertz CT molecular complexity index is 768. The first kappa shape index (κ1) is 19.1. The second-order valence-electron chi connectivity index (χ2n) is 6.57. The normalized spacial score (nSPS) is 11.3. The van der Waals surface area contributed by atoms with Crippen LogP contribution in [0.3, 0.4) is 0 Å². The number of anilines is 1. The summed E-state index contributed by atoms with van der Waals surface area (Å²) in [6.45, 7) is 5.67. The molecule has 0 bridgehead atoms. The van der Waals surface area contributed by atoms with Crippen LogP contribution < -0.4 is 9.64 Å². The summed E-state index contributed by atoms with van der Waals surface area (Å²) in [6, 6.07) is 3.40. The number of rotatable bonds is 4. The van der Waals surface area contributed by atoms with Gasteiger partial charge < -0.3 is 14.6 Å². The van der Waals surface area contributed by atoms with Crippen LogP contribution in [-0.4, -0.2) is 33.7 Å². The molecule has 25 heavy (non-hydrogen) atoms. The smallest absolute Gasteiger partial charge is 0.415 e. The molecule has 0 unspecified atom stereocenters. The van der Waals surface area contributed by atoms with E-state index < -0.39 is 11.7 Å². The Morgan fingerprint density at radius 3 is 2.60 bits per heavy atom. The maximum Gasteiger partial charge on any atom is 0.415 e. The molecule has 7 nitrogen and oxygen atoms in total. The van der Waals surface area contributed by atoms with Crippen molar-refractivity contribution in [2.24, 2.45) is 7.05 Å². The SMILES string of the molecule is COc1cc(CN(C(=O)OC(C)(C)C)c2cnn(C)c2)cc(Br)c1O. The van der Waals surface area contributed by atoms with Crippen LogP contribution in [0.1, 0.15) is 26.3 Å². The number of aromatic nitrogens is 2. The summed E-state index contributed by atoms with van der Waals surface area (Å²) in [6.07, 6.45) is 2.84. The van der Waals surface area contributed by atoms with Gasteiger partial charge in [-0.25, -0.2) is 4.79 Å². The van der Waals surface area contributed by atoms with Gasteiger partial charge in [-0.15, -0.1) is 0 Å². The van der Waals surface area contributed by atoms with E-state index in [9.17, 15) is 9.90 Å². The fraction of sp³-hybridized carbons (Fsp3) is 0.412. The summed E-state index contributed by atoms with van der Waals surface area (Å²) >= 11 is 3.29. The van der Waals surface area contributed by atoms with Gasteiger partial charge in [0, 0.05) is 13.2 Å². The molecule has 0 radical (unpaired) electrons. The largest absolute Gasteiger partial charge is 0.503 e. The Morgan fingerprint density at radius 2 is 2.08 bits per heavy atom. The molecule has 136 valence electrons. The summed E-state index contributed by atoms with van der Waals surface area (Å²) in [5.74, 6) is 0.330. The first-order valence-corrected chi connectivity index (χ1v) is 8.44. The van der Waals surface area contributed by atoms with Gasteiger partial charge in [0.15, 0.2) is 11.5 Å². The van der Waals surface area contributed by atoms with E-state index in [0.717, 1.165) is 5.56 Å². The monoisotopic (exact) mass is 411 g/mol. The van der Waals surface area contributed by atoms with E-state index in [2.05, 4.69) is 21.0 Å². The molecule has 0 atom stereocenters. The maximum atomic E-state index is 12.7. The van der Waals surface area contributed by atoms with Crippen molar-refractivity contribution in [3.05, 3.63) is 34.6 Å². The second kappa shape index (κ2) is 7.35. The van der Waals surface area contributed by atoms with Crippen molar-refractivity contribution in [1.82, 2.24) is 9.78 Å². The van der Waals surface area contributed by atoms with E-state index >= 15 is 0 Å². The van der Waals surface area contributed by atoms with Crippen LogP contribution in [0.25, 0.3) is 0 Å². The summed E-state index contributed by atoms with van der Waals surface area (Å²) in [5.41, 5.74) is 0.751. The molecule has 2 rings (SSSR count). The van der Waals surface area contributed by atoms with E-state index in [1.165, 1.54) is 12.0 Å². The van der Waals surface area contributed by atoms with Crippen LogP contribution in [0.4, 0.5) is 10.5 Å². The molecule has 0 aliphatic heterocycles. The zero-order valence-electron chi connectivity index (χ0n) is 14.9. The number of aromatic hydroxyl groups is 1. The van der Waals surface area contributed by atoms with Gasteiger partial charge >= 0.3 is 6.09 Å². The predicted octanol–water partition coefficient (Wildman–Crippen LogP) is 3.84. The lowest BCUT2D eigenvalue weighted by atomic mass is 10.2. The number of methoxy groups -OCH3 is 1. The first-order chi connectivity index (χ1) is 11.6. The van der Waals surface area contributed by atoms with Crippen LogP contribution in [0.15, 0.2) is 29.0 Å². The fourth-order valence-corrected chi connectivity index (χ4v) is 2.67. The van der Waals surface area contributed by atoms with E-state index in [1.54, 1.807) is 36.3 Å². The third-order valence-corrected chi connectivity index (χ3v) is 3.87. The van der Waals surface area contributed by atoms with Crippen molar-refractivity contribution in [1.29, 1.82) is 0 Å². The highest BCUT2D eigenvalue weighted by molar-refractivity contribution is 9.10. The lowest BCUT2D eigenvalue weighted by molar-refractivity contribution is 0.0577. The Morgan fingerprint density at radius 1 is 1.40 bits per heavy atom. The number of phenolic OH excluding ortho intramolecular Hbond substituents is 1. The Hall–Kier alpha value is -2.22. The molecule has 1 N–H and O–H groups in total. The summed E-state index contributed by atoms with van der Waals surface area (Å²) in [5, 5.41) is 14.1. The van der Waals surface area contributed by atoms with Gasteiger partial charge in [-0.2, -0.15) is 5.10 Å². The molecule has 1 aromatic carbocycles. The number of halogens is 1. The van der Waals surface area contributed by atoms with Crippen LogP contribution in [0, 0.1) is 0 Å². The molecule has 0 aliphatic rings. The van der Waals surface area contributed by atoms with Crippen molar-refractivity contribution < 1.29 is 19.4 Å². The van der Waals surface area contributed by atoms with Crippen LogP contribution >= 0.6 is 15.9 Å². The van der Waals surface area contributed by atoms with E-state index in [1.807, 2.05) is 20.8 Å². The zero-order chi connectivity index (χ0) is 18.8. The number of hydrogen-bond donors (Lipinski definition) is 1. The average molecular weight is 412 g/mol. The molecule has 0 aliphatic carbocycles. The predicted molar refractivity (Wildman–Crippen MR) is 98.0 cm³/mol. The number of hydrogen-bond acceptors (Lipinski definition) is 5. The average Bonchev–Trinajstić information content (AvgIpc) is 2.92. The van der Waals surface area contributed by atoms with Crippen molar-refractivity contribution in [2.75, 3.05) is 12.0 Å². The molecular weight excluding hydrogens is 390 g/mol. The van der Waals surface area contributed by atoms with Crippen LogP contribution in [0.5, 0.6) is 11.5 Å². The number of amides is 1. The highest BCUT2D eigenvalue weighted by Gasteiger charge is 2.25. The maximum absolute atomic E-state index is 12.7. The van der Waals surface area contributed by atoms with Crippen LogP contribution in [0.2, 0.25) is 0 Å². The molecule has 1 amide bonds. The number of carbonyl (C=O) groups is 1. The van der Waals surface area contributed by atoms with Crippen LogP contribution in [-0.2, 0) is 18.3 Å². The number of aryl methyl sites for hydroxylation is 1. The van der Waals surface area contributed by atoms with E-state index in [-0.39, 0.29) is 12.3 Å². The van der Waals surface area contributed by atoms with Crippen molar-refractivity contribution in [3.8, 4) is 11.5 Å². The highest BCUT2D eigenvalue weighted by atomic mass is 79.9. The minimum atomic E-state index is -0.620. The molecular formula is C17H22BrN3O4. The van der Waals surface area contributed by atoms with Crippen molar-refractivity contribution in [3.63, 3.8) is 0 Å². The van der Waals surface area contributed by atoms with Gasteiger partial charge in [0.25, 0.3) is 0 Å². The standard InChI is InChI=1S/C17H22BrN3O4/c1-17(2,3)25-16(23)21(12-8-19-20(4)10-12)9-11-6-13(18)15(22)14(7-11)24-5/h6-8,10,22H,9H2,1-5H3. The first-order valence-electron chi connectivity index (χ1n) is 7.65. The molecule has 0 saturated heterocycles. The van der Waals surface area contributed by atoms with Gasteiger partial charge in [0.2, 0.25) is 0 Å². The minimum Gasteiger partial charge on any atom is -0.503 e. The number of carbonyl (C=O) groups excluding carboxylic acids is 1. The molecule has 1 heterocycles. The molecule has 2 aromatic rings. The third kappa shape index (κ3) is 4.88.